The molecule has 3 aromatic rings. The van der Waals surface area contributed by atoms with Crippen LogP contribution in [0.4, 0.5) is 4.39 Å². The standard InChI is InChI=1S/C21H19FN2O4/c1-13-10-19(14(2)28-13)21(26)24-23-20(25)16-4-3-5-18(11-16)27-12-15-6-8-17(22)9-7-15/h3-11H,12H2,1-2H3,(H,23,25)(H,24,26). The lowest BCUT2D eigenvalue weighted by atomic mass is 10.2. The summed E-state index contributed by atoms with van der Waals surface area (Å²) in [7, 11) is 0. The lowest BCUT2D eigenvalue weighted by Gasteiger charge is -2.09. The molecule has 3 rings (SSSR count). The highest BCUT2D eigenvalue weighted by Gasteiger charge is 2.15. The first-order chi connectivity index (χ1) is 13.4. The number of nitrogens with one attached hydrogen (secondary N) is 2. The minimum Gasteiger partial charge on any atom is -0.489 e. The Kier molecular flexibility index (Phi) is 5.74. The highest BCUT2D eigenvalue weighted by molar-refractivity contribution is 5.99. The molecule has 0 aliphatic carbocycles. The summed E-state index contributed by atoms with van der Waals surface area (Å²) in [5.74, 6) is 0.292. The minimum atomic E-state index is -0.488. The number of amides is 2. The number of ether oxygens (including phenoxy) is 1. The van der Waals surface area contributed by atoms with Gasteiger partial charge >= 0.3 is 0 Å². The number of aryl methyl sites for hydroxylation is 2. The average molecular weight is 382 g/mol. The van der Waals surface area contributed by atoms with Crippen molar-refractivity contribution < 1.29 is 23.1 Å². The van der Waals surface area contributed by atoms with Gasteiger partial charge in [0.25, 0.3) is 11.8 Å². The van der Waals surface area contributed by atoms with Crippen LogP contribution in [0.1, 0.15) is 37.8 Å². The third-order valence-corrected chi connectivity index (χ3v) is 3.99. The normalized spacial score (nSPS) is 10.4. The maximum Gasteiger partial charge on any atom is 0.273 e. The van der Waals surface area contributed by atoms with E-state index in [0.717, 1.165) is 5.56 Å². The third-order valence-electron chi connectivity index (χ3n) is 3.99. The number of furan rings is 1. The molecular formula is C21H19FN2O4. The Bertz CT molecular complexity index is 996. The summed E-state index contributed by atoms with van der Waals surface area (Å²) in [4.78, 5) is 24.4. The molecule has 28 heavy (non-hydrogen) atoms. The van der Waals surface area contributed by atoms with Gasteiger partial charge in [-0.3, -0.25) is 20.4 Å². The van der Waals surface area contributed by atoms with Gasteiger partial charge in [-0.1, -0.05) is 18.2 Å². The van der Waals surface area contributed by atoms with Gasteiger partial charge in [0, 0.05) is 5.56 Å². The molecule has 144 valence electrons. The molecule has 1 aromatic heterocycles. The summed E-state index contributed by atoms with van der Waals surface area (Å²) in [6.45, 7) is 3.65. The van der Waals surface area contributed by atoms with Gasteiger partial charge in [0.05, 0.1) is 5.56 Å². The predicted molar refractivity (Wildman–Crippen MR) is 100 cm³/mol. The van der Waals surface area contributed by atoms with E-state index in [9.17, 15) is 14.0 Å². The summed E-state index contributed by atoms with van der Waals surface area (Å²) in [5, 5.41) is 0. The van der Waals surface area contributed by atoms with Crippen LogP contribution in [-0.4, -0.2) is 11.8 Å². The zero-order valence-electron chi connectivity index (χ0n) is 15.4. The zero-order valence-corrected chi connectivity index (χ0v) is 15.4. The van der Waals surface area contributed by atoms with Crippen molar-refractivity contribution in [2.75, 3.05) is 0 Å². The number of carbonyl (C=O) groups is 2. The zero-order chi connectivity index (χ0) is 20.1. The monoisotopic (exact) mass is 382 g/mol. The molecule has 0 spiro atoms. The van der Waals surface area contributed by atoms with E-state index < -0.39 is 11.8 Å². The number of hydrazine groups is 1. The van der Waals surface area contributed by atoms with Crippen LogP contribution in [0.25, 0.3) is 0 Å². The first-order valence-electron chi connectivity index (χ1n) is 8.57. The van der Waals surface area contributed by atoms with Crippen molar-refractivity contribution in [1.82, 2.24) is 10.9 Å². The summed E-state index contributed by atoms with van der Waals surface area (Å²) in [6.07, 6.45) is 0. The summed E-state index contributed by atoms with van der Waals surface area (Å²) in [6, 6.07) is 14.1. The maximum atomic E-state index is 12.9. The van der Waals surface area contributed by atoms with Crippen LogP contribution < -0.4 is 15.6 Å². The van der Waals surface area contributed by atoms with E-state index in [1.807, 2.05) is 0 Å². The number of benzene rings is 2. The second kappa shape index (κ2) is 8.39. The molecule has 0 radical (unpaired) electrons. The fourth-order valence-electron chi connectivity index (χ4n) is 2.58. The molecule has 0 saturated carbocycles. The molecule has 0 atom stereocenters. The molecule has 0 aliphatic heterocycles. The SMILES string of the molecule is Cc1cc(C(=O)NNC(=O)c2cccc(OCc3ccc(F)cc3)c2)c(C)o1. The molecule has 0 saturated heterocycles. The van der Waals surface area contributed by atoms with Crippen LogP contribution in [-0.2, 0) is 6.61 Å². The van der Waals surface area contributed by atoms with Gasteiger partial charge in [-0.15, -0.1) is 0 Å². The molecule has 2 amide bonds. The van der Waals surface area contributed by atoms with Crippen LogP contribution in [0.2, 0.25) is 0 Å². The maximum absolute atomic E-state index is 12.9. The second-order valence-electron chi connectivity index (χ2n) is 6.18. The Morgan fingerprint density at radius 2 is 1.71 bits per heavy atom. The van der Waals surface area contributed by atoms with Crippen LogP contribution in [0, 0.1) is 19.7 Å². The highest BCUT2D eigenvalue weighted by Crippen LogP contribution is 2.16. The van der Waals surface area contributed by atoms with Gasteiger partial charge in [0.15, 0.2) is 0 Å². The van der Waals surface area contributed by atoms with Gasteiger partial charge in [-0.25, -0.2) is 4.39 Å². The molecule has 6 nitrogen and oxygen atoms in total. The molecule has 2 N–H and O–H groups in total. The van der Waals surface area contributed by atoms with E-state index in [-0.39, 0.29) is 12.4 Å². The Labute approximate surface area is 161 Å². The highest BCUT2D eigenvalue weighted by atomic mass is 19.1. The number of hydrogen-bond donors (Lipinski definition) is 2. The number of halogens is 1. The fourth-order valence-corrected chi connectivity index (χ4v) is 2.58. The van der Waals surface area contributed by atoms with Gasteiger partial charge in [-0.2, -0.15) is 0 Å². The largest absolute Gasteiger partial charge is 0.489 e. The van der Waals surface area contributed by atoms with Crippen molar-refractivity contribution in [3.63, 3.8) is 0 Å². The van der Waals surface area contributed by atoms with Crippen molar-refractivity contribution in [2.45, 2.75) is 20.5 Å². The lowest BCUT2D eigenvalue weighted by molar-refractivity contribution is 0.0845. The topological polar surface area (TPSA) is 80.6 Å². The van der Waals surface area contributed by atoms with Crippen LogP contribution in [0.3, 0.4) is 0 Å². The molecular weight excluding hydrogens is 363 g/mol. The van der Waals surface area contributed by atoms with E-state index in [1.54, 1.807) is 56.3 Å². The van der Waals surface area contributed by atoms with E-state index >= 15 is 0 Å². The van der Waals surface area contributed by atoms with Gasteiger partial charge in [-0.05, 0) is 55.8 Å². The second-order valence-corrected chi connectivity index (χ2v) is 6.18. The molecule has 1 heterocycles. The van der Waals surface area contributed by atoms with Crippen LogP contribution in [0.5, 0.6) is 5.75 Å². The summed E-state index contributed by atoms with van der Waals surface area (Å²) >= 11 is 0. The fraction of sp³-hybridized carbons (Fsp3) is 0.143. The number of rotatable bonds is 5. The van der Waals surface area contributed by atoms with E-state index in [2.05, 4.69) is 10.9 Å². The average Bonchev–Trinajstić information content (AvgIpc) is 3.04. The van der Waals surface area contributed by atoms with Crippen molar-refractivity contribution in [3.8, 4) is 5.75 Å². The number of hydrogen-bond acceptors (Lipinski definition) is 4. The number of carbonyl (C=O) groups excluding carboxylic acids is 2. The lowest BCUT2D eigenvalue weighted by Crippen LogP contribution is -2.41. The molecule has 0 fully saturated rings. The van der Waals surface area contributed by atoms with E-state index in [4.69, 9.17) is 9.15 Å². The van der Waals surface area contributed by atoms with Gasteiger partial charge in [0.1, 0.15) is 29.7 Å². The Morgan fingerprint density at radius 3 is 2.39 bits per heavy atom. The smallest absolute Gasteiger partial charge is 0.273 e. The Hall–Kier alpha value is -3.61. The predicted octanol–water partition coefficient (Wildman–Crippen LogP) is 3.69. The Balaban J connectivity index is 1.58. The Morgan fingerprint density at radius 1 is 1.00 bits per heavy atom. The molecule has 7 heteroatoms. The third kappa shape index (κ3) is 4.76. The van der Waals surface area contributed by atoms with Crippen molar-refractivity contribution in [1.29, 1.82) is 0 Å². The first kappa shape index (κ1) is 19.2. The molecule has 2 aromatic carbocycles. The summed E-state index contributed by atoms with van der Waals surface area (Å²) in [5.41, 5.74) is 6.20. The minimum absolute atomic E-state index is 0.237. The molecule has 0 bridgehead atoms. The molecule has 0 aliphatic rings. The van der Waals surface area contributed by atoms with Crippen molar-refractivity contribution >= 4 is 11.8 Å². The quantitative estimate of drug-likeness (QED) is 0.660. The van der Waals surface area contributed by atoms with E-state index in [1.165, 1.54) is 12.1 Å². The first-order valence-corrected chi connectivity index (χ1v) is 8.57. The summed E-state index contributed by atoms with van der Waals surface area (Å²) < 4.78 is 23.9. The van der Waals surface area contributed by atoms with Crippen LogP contribution in [0.15, 0.2) is 59.0 Å². The van der Waals surface area contributed by atoms with E-state index in [0.29, 0.717) is 28.4 Å². The van der Waals surface area contributed by atoms with Gasteiger partial charge in [0.2, 0.25) is 0 Å². The van der Waals surface area contributed by atoms with Crippen molar-refractivity contribution in [3.05, 3.63) is 88.6 Å². The molecule has 0 unspecified atom stereocenters. The van der Waals surface area contributed by atoms with Crippen molar-refractivity contribution in [2.24, 2.45) is 0 Å². The van der Waals surface area contributed by atoms with Crippen LogP contribution >= 0.6 is 0 Å². The van der Waals surface area contributed by atoms with Gasteiger partial charge < -0.3 is 9.15 Å².